The highest BCUT2D eigenvalue weighted by molar-refractivity contribution is 7.91. The molecule has 0 bridgehead atoms. The Morgan fingerprint density at radius 2 is 1.86 bits per heavy atom. The van der Waals surface area contributed by atoms with E-state index in [0.29, 0.717) is 19.3 Å². The van der Waals surface area contributed by atoms with E-state index in [2.05, 4.69) is 0 Å². The zero-order chi connectivity index (χ0) is 15.7. The number of aliphatic hydroxyl groups excluding tert-OH is 1. The largest absolute Gasteiger partial charge is 0.416 e. The maximum absolute atomic E-state index is 12.6. The zero-order valence-corrected chi connectivity index (χ0v) is 12.1. The summed E-state index contributed by atoms with van der Waals surface area (Å²) in [7, 11) is -3.67. The van der Waals surface area contributed by atoms with Gasteiger partial charge in [-0.05, 0) is 24.5 Å². The average molecular weight is 322 g/mol. The van der Waals surface area contributed by atoms with Gasteiger partial charge in [0.2, 0.25) is 0 Å². The Morgan fingerprint density at radius 3 is 2.48 bits per heavy atom. The maximum Gasteiger partial charge on any atom is 0.416 e. The van der Waals surface area contributed by atoms with Crippen LogP contribution in [0.25, 0.3) is 0 Å². The first kappa shape index (κ1) is 16.3. The van der Waals surface area contributed by atoms with Crippen molar-refractivity contribution in [1.29, 1.82) is 0 Å². The fourth-order valence-corrected chi connectivity index (χ4v) is 4.67. The number of hydrogen-bond donors (Lipinski definition) is 1. The van der Waals surface area contributed by atoms with Crippen molar-refractivity contribution < 1.29 is 26.7 Å². The molecule has 1 fully saturated rings. The number of benzene rings is 1. The highest BCUT2D eigenvalue weighted by atomic mass is 32.2. The lowest BCUT2D eigenvalue weighted by atomic mass is 9.97. The van der Waals surface area contributed by atoms with Gasteiger partial charge in [-0.3, -0.25) is 0 Å². The number of hydrogen-bond acceptors (Lipinski definition) is 3. The minimum atomic E-state index is -4.50. The summed E-state index contributed by atoms with van der Waals surface area (Å²) in [5.41, 5.74) is -0.762. The van der Waals surface area contributed by atoms with Crippen LogP contribution in [0, 0.1) is 0 Å². The molecule has 118 valence electrons. The third kappa shape index (κ3) is 3.97. The van der Waals surface area contributed by atoms with Crippen molar-refractivity contribution in [2.45, 2.75) is 49.0 Å². The van der Waals surface area contributed by atoms with Crippen LogP contribution >= 0.6 is 0 Å². The standard InChI is InChI=1S/C14H17F3O3S/c15-14(16,17)11-5-3-4-10(8-11)9-21(19,20)13-7-2-1-6-12(13)18/h3-5,8,12-13,18H,1-2,6-7,9H2/t12-,13-/m1/s1. The van der Waals surface area contributed by atoms with Crippen molar-refractivity contribution in [2.24, 2.45) is 0 Å². The van der Waals surface area contributed by atoms with Crippen molar-refractivity contribution >= 4 is 9.84 Å². The first-order valence-corrected chi connectivity index (χ1v) is 8.47. The van der Waals surface area contributed by atoms with Crippen LogP contribution in [0.1, 0.15) is 36.8 Å². The first-order chi connectivity index (χ1) is 9.70. The van der Waals surface area contributed by atoms with Crippen LogP contribution in [0.5, 0.6) is 0 Å². The molecule has 3 nitrogen and oxygen atoms in total. The van der Waals surface area contributed by atoms with Crippen molar-refractivity contribution in [3.63, 3.8) is 0 Å². The molecule has 0 radical (unpaired) electrons. The van der Waals surface area contributed by atoms with E-state index >= 15 is 0 Å². The van der Waals surface area contributed by atoms with Gasteiger partial charge in [0.15, 0.2) is 9.84 Å². The fraction of sp³-hybridized carbons (Fsp3) is 0.571. The quantitative estimate of drug-likeness (QED) is 0.931. The molecule has 1 aromatic carbocycles. The second-order valence-corrected chi connectivity index (χ2v) is 7.62. The molecule has 21 heavy (non-hydrogen) atoms. The molecule has 7 heteroatoms. The van der Waals surface area contributed by atoms with E-state index in [1.54, 1.807) is 0 Å². The van der Waals surface area contributed by atoms with E-state index in [4.69, 9.17) is 0 Å². The molecule has 2 atom stereocenters. The zero-order valence-electron chi connectivity index (χ0n) is 11.3. The highest BCUT2D eigenvalue weighted by Crippen LogP contribution is 2.31. The lowest BCUT2D eigenvalue weighted by Gasteiger charge is -2.27. The van der Waals surface area contributed by atoms with Crippen molar-refractivity contribution in [3.05, 3.63) is 35.4 Å². The fourth-order valence-electron chi connectivity index (χ4n) is 2.67. The van der Waals surface area contributed by atoms with Gasteiger partial charge in [-0.2, -0.15) is 13.2 Å². The Morgan fingerprint density at radius 1 is 1.19 bits per heavy atom. The molecule has 0 saturated heterocycles. The first-order valence-electron chi connectivity index (χ1n) is 6.76. The molecule has 1 aliphatic carbocycles. The molecular weight excluding hydrogens is 305 g/mol. The second kappa shape index (κ2) is 5.96. The van der Waals surface area contributed by atoms with Crippen LogP contribution in [-0.2, 0) is 21.8 Å². The third-order valence-corrected chi connectivity index (χ3v) is 5.96. The van der Waals surface area contributed by atoms with E-state index in [9.17, 15) is 26.7 Å². The minimum absolute atomic E-state index is 0.0996. The summed E-state index contributed by atoms with van der Waals surface area (Å²) in [6.07, 6.45) is -3.14. The number of sulfone groups is 1. The molecule has 0 heterocycles. The molecule has 0 unspecified atom stereocenters. The van der Waals surface area contributed by atoms with Gasteiger partial charge in [0.1, 0.15) is 0 Å². The lowest BCUT2D eigenvalue weighted by Crippen LogP contribution is -2.37. The number of halogens is 3. The Bertz CT molecular complexity index is 596. The molecule has 0 aromatic heterocycles. The number of alkyl halides is 3. The van der Waals surface area contributed by atoms with Crippen LogP contribution in [0.3, 0.4) is 0 Å². The normalized spacial score (nSPS) is 24.0. The van der Waals surface area contributed by atoms with Gasteiger partial charge >= 0.3 is 6.18 Å². The molecule has 0 amide bonds. The number of aliphatic hydroxyl groups is 1. The van der Waals surface area contributed by atoms with Gasteiger partial charge in [0.05, 0.1) is 22.7 Å². The summed E-state index contributed by atoms with van der Waals surface area (Å²) in [5, 5.41) is 8.93. The maximum atomic E-state index is 12.6. The van der Waals surface area contributed by atoms with Gasteiger partial charge in [0.25, 0.3) is 0 Å². The molecule has 2 rings (SSSR count). The van der Waals surface area contributed by atoms with Gasteiger partial charge in [0, 0.05) is 0 Å². The van der Waals surface area contributed by atoms with Gasteiger partial charge < -0.3 is 5.11 Å². The van der Waals surface area contributed by atoms with Crippen molar-refractivity contribution in [3.8, 4) is 0 Å². The van der Waals surface area contributed by atoms with Crippen LogP contribution in [0.4, 0.5) is 13.2 Å². The monoisotopic (exact) mass is 322 g/mol. The molecule has 0 spiro atoms. The molecule has 1 saturated carbocycles. The van der Waals surface area contributed by atoms with Gasteiger partial charge in [-0.25, -0.2) is 8.42 Å². The number of rotatable bonds is 3. The van der Waals surface area contributed by atoms with E-state index in [1.807, 2.05) is 0 Å². The smallest absolute Gasteiger partial charge is 0.392 e. The Kier molecular flexibility index (Phi) is 4.63. The topological polar surface area (TPSA) is 54.4 Å². The minimum Gasteiger partial charge on any atom is -0.392 e. The van der Waals surface area contributed by atoms with Crippen LogP contribution in [0.15, 0.2) is 24.3 Å². The van der Waals surface area contributed by atoms with Gasteiger partial charge in [-0.1, -0.05) is 31.0 Å². The van der Waals surface area contributed by atoms with Crippen LogP contribution < -0.4 is 0 Å². The van der Waals surface area contributed by atoms with Gasteiger partial charge in [-0.15, -0.1) is 0 Å². The third-order valence-electron chi connectivity index (χ3n) is 3.75. The predicted molar refractivity (Wildman–Crippen MR) is 72.3 cm³/mol. The summed E-state index contributed by atoms with van der Waals surface area (Å²) in [5.74, 6) is -0.474. The Balaban J connectivity index is 2.20. The molecular formula is C14H17F3O3S. The molecule has 1 N–H and O–H groups in total. The van der Waals surface area contributed by atoms with E-state index in [1.165, 1.54) is 12.1 Å². The summed E-state index contributed by atoms with van der Waals surface area (Å²) in [6.45, 7) is 0. The Hall–Kier alpha value is -1.08. The molecule has 1 aliphatic rings. The SMILES string of the molecule is O=S(=O)(Cc1cccc(C(F)(F)F)c1)[C@@H]1CCCC[C@H]1O. The molecule has 0 aliphatic heterocycles. The molecule has 1 aromatic rings. The summed E-state index contributed by atoms with van der Waals surface area (Å²) in [4.78, 5) is 0. The van der Waals surface area contributed by atoms with Crippen LogP contribution in [-0.4, -0.2) is 24.9 Å². The summed E-state index contributed by atoms with van der Waals surface area (Å²) < 4.78 is 62.5. The van der Waals surface area contributed by atoms with E-state index < -0.39 is 38.7 Å². The second-order valence-electron chi connectivity index (χ2n) is 5.40. The highest BCUT2D eigenvalue weighted by Gasteiger charge is 2.35. The summed E-state index contributed by atoms with van der Waals surface area (Å²) >= 11 is 0. The Labute approximate surface area is 121 Å². The summed E-state index contributed by atoms with van der Waals surface area (Å²) in [6, 6.07) is 4.32. The van der Waals surface area contributed by atoms with Crippen LogP contribution in [0.2, 0.25) is 0 Å². The van der Waals surface area contributed by atoms with E-state index in [0.717, 1.165) is 18.6 Å². The predicted octanol–water partition coefficient (Wildman–Crippen LogP) is 2.92. The van der Waals surface area contributed by atoms with Crippen molar-refractivity contribution in [1.82, 2.24) is 0 Å². The lowest BCUT2D eigenvalue weighted by molar-refractivity contribution is -0.137. The van der Waals surface area contributed by atoms with E-state index in [-0.39, 0.29) is 5.56 Å². The van der Waals surface area contributed by atoms with Crippen molar-refractivity contribution in [2.75, 3.05) is 0 Å². The average Bonchev–Trinajstić information content (AvgIpc) is 2.37.